The van der Waals surface area contributed by atoms with Gasteiger partial charge in [0.2, 0.25) is 0 Å². The summed E-state index contributed by atoms with van der Waals surface area (Å²) in [5.74, 6) is 0. The van der Waals surface area contributed by atoms with Gasteiger partial charge >= 0.3 is 0 Å². The van der Waals surface area contributed by atoms with Crippen molar-refractivity contribution in [3.63, 3.8) is 0 Å². The van der Waals surface area contributed by atoms with Crippen LogP contribution >= 0.6 is 28.1 Å². The number of hydrogen-bond acceptors (Lipinski definition) is 3. The van der Waals surface area contributed by atoms with Gasteiger partial charge in [0.1, 0.15) is 4.99 Å². The molecule has 0 atom stereocenters. The number of thiocarbonyl (C=S) groups is 1. The Bertz CT molecular complexity index is 399. The van der Waals surface area contributed by atoms with Gasteiger partial charge in [0, 0.05) is 36.0 Å². The standard InChI is InChI=1S/C13H19BrN2OS/c1-17-9-4-2-3-8-16-11-7-5-6-10(14)12(11)13(15)18/h5-7,16H,2-4,8-9H2,1H3,(H2,15,18). The molecular weight excluding hydrogens is 312 g/mol. The van der Waals surface area contributed by atoms with E-state index in [1.165, 1.54) is 0 Å². The van der Waals surface area contributed by atoms with Crippen molar-refractivity contribution in [1.29, 1.82) is 0 Å². The van der Waals surface area contributed by atoms with E-state index in [0.29, 0.717) is 4.99 Å². The van der Waals surface area contributed by atoms with Crippen LogP contribution in [0.4, 0.5) is 5.69 Å². The molecule has 0 spiro atoms. The van der Waals surface area contributed by atoms with E-state index in [-0.39, 0.29) is 0 Å². The summed E-state index contributed by atoms with van der Waals surface area (Å²) in [6.45, 7) is 1.74. The molecule has 1 aromatic rings. The summed E-state index contributed by atoms with van der Waals surface area (Å²) < 4.78 is 5.94. The van der Waals surface area contributed by atoms with Crippen LogP contribution in [0.15, 0.2) is 22.7 Å². The Balaban J connectivity index is 2.47. The fourth-order valence-corrected chi connectivity index (χ4v) is 2.62. The zero-order valence-corrected chi connectivity index (χ0v) is 12.9. The summed E-state index contributed by atoms with van der Waals surface area (Å²) in [5.41, 5.74) is 7.60. The minimum atomic E-state index is 0.407. The topological polar surface area (TPSA) is 47.3 Å². The minimum absolute atomic E-state index is 0.407. The molecule has 0 aromatic heterocycles. The fourth-order valence-electron chi connectivity index (χ4n) is 1.69. The van der Waals surface area contributed by atoms with E-state index in [4.69, 9.17) is 22.7 Å². The second kappa shape index (κ2) is 8.45. The van der Waals surface area contributed by atoms with Gasteiger partial charge < -0.3 is 15.8 Å². The molecule has 0 aliphatic rings. The Kier molecular flexibility index (Phi) is 7.23. The van der Waals surface area contributed by atoms with E-state index < -0.39 is 0 Å². The third-order valence-corrected chi connectivity index (χ3v) is 3.47. The molecule has 3 nitrogen and oxygen atoms in total. The number of nitrogens with two attached hydrogens (primary N) is 1. The van der Waals surface area contributed by atoms with Crippen LogP contribution in [0.25, 0.3) is 0 Å². The molecule has 0 unspecified atom stereocenters. The molecule has 0 aliphatic heterocycles. The maximum Gasteiger partial charge on any atom is 0.107 e. The van der Waals surface area contributed by atoms with Crippen LogP contribution in [0, 0.1) is 0 Å². The zero-order valence-electron chi connectivity index (χ0n) is 10.5. The highest BCUT2D eigenvalue weighted by atomic mass is 79.9. The number of unbranched alkanes of at least 4 members (excludes halogenated alkanes) is 2. The molecule has 100 valence electrons. The maximum absolute atomic E-state index is 5.73. The molecule has 3 N–H and O–H groups in total. The van der Waals surface area contributed by atoms with Crippen molar-refractivity contribution in [1.82, 2.24) is 0 Å². The van der Waals surface area contributed by atoms with Crippen molar-refractivity contribution in [2.75, 3.05) is 25.6 Å². The van der Waals surface area contributed by atoms with E-state index >= 15 is 0 Å². The van der Waals surface area contributed by atoms with Gasteiger partial charge in [-0.05, 0) is 47.3 Å². The quantitative estimate of drug-likeness (QED) is 0.567. The lowest BCUT2D eigenvalue weighted by molar-refractivity contribution is 0.192. The highest BCUT2D eigenvalue weighted by Crippen LogP contribution is 2.24. The second-order valence-electron chi connectivity index (χ2n) is 4.01. The number of benzene rings is 1. The summed E-state index contributed by atoms with van der Waals surface area (Å²) in [4.78, 5) is 0.407. The molecule has 0 fully saturated rings. The third-order valence-electron chi connectivity index (χ3n) is 2.60. The molecule has 0 saturated heterocycles. The molecule has 0 amide bonds. The van der Waals surface area contributed by atoms with Gasteiger partial charge in [0.05, 0.1) is 0 Å². The molecule has 0 bridgehead atoms. The smallest absolute Gasteiger partial charge is 0.107 e. The number of halogens is 1. The van der Waals surface area contributed by atoms with Gasteiger partial charge in [0.15, 0.2) is 0 Å². The molecule has 0 aliphatic carbocycles. The van der Waals surface area contributed by atoms with Gasteiger partial charge in [0.25, 0.3) is 0 Å². The van der Waals surface area contributed by atoms with Crippen LogP contribution in [0.1, 0.15) is 24.8 Å². The molecule has 0 saturated carbocycles. The van der Waals surface area contributed by atoms with E-state index in [1.807, 2.05) is 18.2 Å². The normalized spacial score (nSPS) is 10.3. The lowest BCUT2D eigenvalue weighted by Gasteiger charge is -2.12. The predicted molar refractivity (Wildman–Crippen MR) is 84.2 cm³/mol. The SMILES string of the molecule is COCCCCCNc1cccc(Br)c1C(N)=S. The van der Waals surface area contributed by atoms with Crippen molar-refractivity contribution in [3.8, 4) is 0 Å². The van der Waals surface area contributed by atoms with Crippen LogP contribution < -0.4 is 11.1 Å². The lowest BCUT2D eigenvalue weighted by atomic mass is 10.1. The summed E-state index contributed by atoms with van der Waals surface area (Å²) in [7, 11) is 1.73. The molecule has 0 radical (unpaired) electrons. The Labute approximate surface area is 122 Å². The molecule has 18 heavy (non-hydrogen) atoms. The van der Waals surface area contributed by atoms with Gasteiger partial charge in [-0.2, -0.15) is 0 Å². The minimum Gasteiger partial charge on any atom is -0.389 e. The molecule has 0 heterocycles. The van der Waals surface area contributed by atoms with Crippen LogP contribution in [0.2, 0.25) is 0 Å². The summed E-state index contributed by atoms with van der Waals surface area (Å²) in [5, 5.41) is 3.37. The van der Waals surface area contributed by atoms with Crippen LogP contribution in [-0.4, -0.2) is 25.2 Å². The number of ether oxygens (including phenoxy) is 1. The number of anilines is 1. The second-order valence-corrected chi connectivity index (χ2v) is 5.30. The lowest BCUT2D eigenvalue weighted by Crippen LogP contribution is -2.14. The Hall–Kier alpha value is -0.650. The molecule has 1 rings (SSSR count). The largest absolute Gasteiger partial charge is 0.389 e. The average molecular weight is 331 g/mol. The van der Waals surface area contributed by atoms with Gasteiger partial charge in [-0.25, -0.2) is 0 Å². The molecule has 5 heteroatoms. The summed E-state index contributed by atoms with van der Waals surface area (Å²) in [6.07, 6.45) is 3.35. The van der Waals surface area contributed by atoms with E-state index in [1.54, 1.807) is 7.11 Å². The predicted octanol–water partition coefficient (Wildman–Crippen LogP) is 3.31. The summed E-state index contributed by atoms with van der Waals surface area (Å²) >= 11 is 8.53. The first kappa shape index (κ1) is 15.4. The first-order valence-electron chi connectivity index (χ1n) is 5.98. The maximum atomic E-state index is 5.73. The van der Waals surface area contributed by atoms with Crippen LogP contribution in [0.3, 0.4) is 0 Å². The van der Waals surface area contributed by atoms with Crippen molar-refractivity contribution in [2.24, 2.45) is 5.73 Å². The van der Waals surface area contributed by atoms with Gasteiger partial charge in [-0.3, -0.25) is 0 Å². The van der Waals surface area contributed by atoms with Crippen LogP contribution in [-0.2, 0) is 4.74 Å². The first-order chi connectivity index (χ1) is 8.66. The van der Waals surface area contributed by atoms with Crippen molar-refractivity contribution < 1.29 is 4.74 Å². The van der Waals surface area contributed by atoms with Crippen molar-refractivity contribution in [3.05, 3.63) is 28.2 Å². The van der Waals surface area contributed by atoms with E-state index in [0.717, 1.165) is 48.1 Å². The number of methoxy groups -OCH3 is 1. The van der Waals surface area contributed by atoms with Crippen molar-refractivity contribution in [2.45, 2.75) is 19.3 Å². The number of nitrogens with one attached hydrogen (secondary N) is 1. The molecular formula is C13H19BrN2OS. The van der Waals surface area contributed by atoms with Crippen molar-refractivity contribution >= 4 is 38.8 Å². The fraction of sp³-hybridized carbons (Fsp3) is 0.462. The van der Waals surface area contributed by atoms with E-state index in [2.05, 4.69) is 21.2 Å². The highest BCUT2D eigenvalue weighted by molar-refractivity contribution is 9.10. The molecule has 1 aromatic carbocycles. The first-order valence-corrected chi connectivity index (χ1v) is 7.18. The zero-order chi connectivity index (χ0) is 13.4. The Morgan fingerprint density at radius 3 is 2.83 bits per heavy atom. The summed E-state index contributed by atoms with van der Waals surface area (Å²) in [6, 6.07) is 5.91. The number of rotatable bonds is 8. The van der Waals surface area contributed by atoms with E-state index in [9.17, 15) is 0 Å². The monoisotopic (exact) mass is 330 g/mol. The van der Waals surface area contributed by atoms with Gasteiger partial charge in [-0.15, -0.1) is 0 Å². The third kappa shape index (κ3) is 4.92. The number of hydrogen-bond donors (Lipinski definition) is 2. The highest BCUT2D eigenvalue weighted by Gasteiger charge is 2.08. The average Bonchev–Trinajstić information content (AvgIpc) is 2.33. The Morgan fingerprint density at radius 1 is 1.39 bits per heavy atom. The van der Waals surface area contributed by atoms with Crippen LogP contribution in [0.5, 0.6) is 0 Å². The Morgan fingerprint density at radius 2 is 2.17 bits per heavy atom. The van der Waals surface area contributed by atoms with Gasteiger partial charge in [-0.1, -0.05) is 18.3 Å².